The lowest BCUT2D eigenvalue weighted by atomic mass is 10.1. The van der Waals surface area contributed by atoms with Crippen molar-refractivity contribution in [1.82, 2.24) is 0 Å². The van der Waals surface area contributed by atoms with E-state index >= 15 is 0 Å². The van der Waals surface area contributed by atoms with Gasteiger partial charge < -0.3 is 5.73 Å². The average molecular weight is 249 g/mol. The maximum atomic E-state index is 10.6. The fourth-order valence-corrected chi connectivity index (χ4v) is 1.83. The van der Waals surface area contributed by atoms with Crippen LogP contribution in [0.25, 0.3) is 0 Å². The van der Waals surface area contributed by atoms with E-state index in [-0.39, 0.29) is 16.8 Å². The molecule has 0 fully saturated rings. The van der Waals surface area contributed by atoms with E-state index in [2.05, 4.69) is 0 Å². The second-order valence-electron chi connectivity index (χ2n) is 3.30. The topological polar surface area (TPSA) is 69.2 Å². The number of nitrogens with two attached hydrogens (primary N) is 1. The second kappa shape index (κ2) is 4.79. The highest BCUT2D eigenvalue weighted by molar-refractivity contribution is 6.37. The molecule has 15 heavy (non-hydrogen) atoms. The first-order valence-electron chi connectivity index (χ1n) is 4.30. The van der Waals surface area contributed by atoms with Gasteiger partial charge in [0.05, 0.1) is 4.92 Å². The number of nitro groups is 1. The molecule has 0 saturated carbocycles. The van der Waals surface area contributed by atoms with Gasteiger partial charge in [0.15, 0.2) is 0 Å². The smallest absolute Gasteiger partial charge is 0.288 e. The van der Waals surface area contributed by atoms with E-state index < -0.39 is 4.92 Å². The molecule has 1 unspecified atom stereocenters. The van der Waals surface area contributed by atoms with Crippen molar-refractivity contribution < 1.29 is 4.92 Å². The lowest BCUT2D eigenvalue weighted by Gasteiger charge is -2.09. The first kappa shape index (κ1) is 12.2. The van der Waals surface area contributed by atoms with Gasteiger partial charge >= 0.3 is 0 Å². The van der Waals surface area contributed by atoms with Crippen molar-refractivity contribution in [3.8, 4) is 0 Å². The first-order valence-corrected chi connectivity index (χ1v) is 5.06. The number of nitrogens with zero attached hydrogens (tertiary/aromatic N) is 1. The molecule has 0 radical (unpaired) electrons. The number of halogens is 2. The lowest BCUT2D eigenvalue weighted by molar-refractivity contribution is -0.384. The molecule has 0 aliphatic rings. The maximum Gasteiger partial charge on any atom is 0.288 e. The second-order valence-corrected chi connectivity index (χ2v) is 4.08. The Morgan fingerprint density at radius 2 is 2.13 bits per heavy atom. The van der Waals surface area contributed by atoms with Crippen LogP contribution < -0.4 is 5.73 Å². The Kier molecular flexibility index (Phi) is 3.90. The van der Waals surface area contributed by atoms with Crippen LogP contribution in [0.2, 0.25) is 10.0 Å². The molecule has 0 amide bonds. The molecule has 0 heterocycles. The van der Waals surface area contributed by atoms with Crippen LogP contribution in [-0.2, 0) is 6.42 Å². The molecule has 2 N–H and O–H groups in total. The van der Waals surface area contributed by atoms with Crippen molar-refractivity contribution in [3.05, 3.63) is 37.9 Å². The van der Waals surface area contributed by atoms with Crippen LogP contribution in [0.3, 0.4) is 0 Å². The normalized spacial score (nSPS) is 12.5. The van der Waals surface area contributed by atoms with Gasteiger partial charge in [-0.1, -0.05) is 23.2 Å². The highest BCUT2D eigenvalue weighted by Gasteiger charge is 2.18. The molecule has 0 saturated heterocycles. The molecule has 1 aromatic carbocycles. The monoisotopic (exact) mass is 248 g/mol. The molecule has 0 spiro atoms. The summed E-state index contributed by atoms with van der Waals surface area (Å²) in [5, 5.41) is 11.1. The Morgan fingerprint density at radius 3 is 2.60 bits per heavy atom. The van der Waals surface area contributed by atoms with Gasteiger partial charge in [0.25, 0.3) is 5.69 Å². The van der Waals surface area contributed by atoms with E-state index in [9.17, 15) is 10.1 Å². The highest BCUT2D eigenvalue weighted by Crippen LogP contribution is 2.33. The van der Waals surface area contributed by atoms with Crippen molar-refractivity contribution in [3.63, 3.8) is 0 Å². The van der Waals surface area contributed by atoms with E-state index in [0.29, 0.717) is 17.0 Å². The predicted octanol–water partition coefficient (Wildman–Crippen LogP) is 2.79. The minimum Gasteiger partial charge on any atom is -0.328 e. The molecule has 1 atom stereocenters. The summed E-state index contributed by atoms with van der Waals surface area (Å²) in [6.45, 7) is 1.78. The van der Waals surface area contributed by atoms with Gasteiger partial charge in [-0.3, -0.25) is 10.1 Å². The fourth-order valence-electron chi connectivity index (χ4n) is 1.24. The van der Waals surface area contributed by atoms with Crippen LogP contribution in [0, 0.1) is 10.1 Å². The Balaban J connectivity index is 3.24. The fraction of sp³-hybridized carbons (Fsp3) is 0.333. The molecule has 4 nitrogen and oxygen atoms in total. The van der Waals surface area contributed by atoms with Gasteiger partial charge in [-0.15, -0.1) is 0 Å². The summed E-state index contributed by atoms with van der Waals surface area (Å²) < 4.78 is 0. The molecule has 0 aliphatic carbocycles. The minimum absolute atomic E-state index is 0.0739. The lowest BCUT2D eigenvalue weighted by Crippen LogP contribution is -2.18. The average Bonchev–Trinajstić information content (AvgIpc) is 2.11. The van der Waals surface area contributed by atoms with Gasteiger partial charge in [0.2, 0.25) is 0 Å². The summed E-state index contributed by atoms with van der Waals surface area (Å²) in [5.41, 5.74) is 5.99. The van der Waals surface area contributed by atoms with Crippen LogP contribution in [0.15, 0.2) is 12.1 Å². The number of nitro benzene ring substituents is 1. The van der Waals surface area contributed by atoms with Crippen LogP contribution in [0.4, 0.5) is 5.69 Å². The van der Waals surface area contributed by atoms with Crippen molar-refractivity contribution in [2.24, 2.45) is 5.73 Å². The largest absolute Gasteiger partial charge is 0.328 e. The molecule has 0 bridgehead atoms. The summed E-state index contributed by atoms with van der Waals surface area (Å²) in [4.78, 5) is 10.1. The van der Waals surface area contributed by atoms with Gasteiger partial charge in [0.1, 0.15) is 5.02 Å². The number of benzene rings is 1. The SMILES string of the molecule is CC(N)Cc1c(Cl)ccc([N+](=O)[O-])c1Cl. The summed E-state index contributed by atoms with van der Waals surface area (Å²) in [6, 6.07) is 2.60. The van der Waals surface area contributed by atoms with E-state index in [1.807, 2.05) is 0 Å². The molecular weight excluding hydrogens is 239 g/mol. The third-order valence-electron chi connectivity index (χ3n) is 1.89. The van der Waals surface area contributed by atoms with Gasteiger partial charge in [-0.05, 0) is 25.0 Å². The summed E-state index contributed by atoms with van der Waals surface area (Å²) in [5.74, 6) is 0. The Hall–Kier alpha value is -0.840. The molecule has 82 valence electrons. The summed E-state index contributed by atoms with van der Waals surface area (Å²) in [6.07, 6.45) is 0.416. The Labute approximate surface area is 97.1 Å². The van der Waals surface area contributed by atoms with Gasteiger partial charge in [-0.25, -0.2) is 0 Å². The van der Waals surface area contributed by atoms with E-state index in [1.165, 1.54) is 12.1 Å². The standard InChI is InChI=1S/C9H10Cl2N2O2/c1-5(12)4-6-7(10)2-3-8(9(6)11)13(14)15/h2-3,5H,4,12H2,1H3. The molecule has 0 aliphatic heterocycles. The zero-order valence-electron chi connectivity index (χ0n) is 8.04. The van der Waals surface area contributed by atoms with Gasteiger partial charge in [0, 0.05) is 17.1 Å². The molecular formula is C9H10Cl2N2O2. The molecule has 0 aromatic heterocycles. The summed E-state index contributed by atoms with van der Waals surface area (Å²) in [7, 11) is 0. The van der Waals surface area contributed by atoms with Gasteiger partial charge in [-0.2, -0.15) is 0 Å². The summed E-state index contributed by atoms with van der Waals surface area (Å²) >= 11 is 11.8. The van der Waals surface area contributed by atoms with E-state index in [4.69, 9.17) is 28.9 Å². The van der Waals surface area contributed by atoms with Crippen molar-refractivity contribution in [2.45, 2.75) is 19.4 Å². The number of rotatable bonds is 3. The first-order chi connectivity index (χ1) is 6.93. The van der Waals surface area contributed by atoms with Crippen LogP contribution >= 0.6 is 23.2 Å². The zero-order valence-corrected chi connectivity index (χ0v) is 9.55. The van der Waals surface area contributed by atoms with Crippen molar-refractivity contribution in [2.75, 3.05) is 0 Å². The Bertz CT molecular complexity index is 394. The zero-order chi connectivity index (χ0) is 11.6. The molecule has 1 aromatic rings. The van der Waals surface area contributed by atoms with E-state index in [0.717, 1.165) is 0 Å². The van der Waals surface area contributed by atoms with Crippen molar-refractivity contribution >= 4 is 28.9 Å². The maximum absolute atomic E-state index is 10.6. The number of hydrogen-bond acceptors (Lipinski definition) is 3. The predicted molar refractivity (Wildman–Crippen MR) is 60.5 cm³/mol. The van der Waals surface area contributed by atoms with E-state index in [1.54, 1.807) is 6.92 Å². The number of hydrogen-bond donors (Lipinski definition) is 1. The third-order valence-corrected chi connectivity index (χ3v) is 2.66. The van der Waals surface area contributed by atoms with Crippen molar-refractivity contribution in [1.29, 1.82) is 0 Å². The molecule has 1 rings (SSSR count). The van der Waals surface area contributed by atoms with Crippen LogP contribution in [0.5, 0.6) is 0 Å². The van der Waals surface area contributed by atoms with Crippen LogP contribution in [0.1, 0.15) is 12.5 Å². The minimum atomic E-state index is -0.538. The third kappa shape index (κ3) is 2.81. The highest BCUT2D eigenvalue weighted by atomic mass is 35.5. The van der Waals surface area contributed by atoms with Crippen LogP contribution in [-0.4, -0.2) is 11.0 Å². The quantitative estimate of drug-likeness (QED) is 0.661. The Morgan fingerprint density at radius 1 is 1.53 bits per heavy atom. The molecule has 6 heteroatoms.